The molecule has 0 spiro atoms. The fourth-order valence-corrected chi connectivity index (χ4v) is 6.21. The molecule has 0 aliphatic heterocycles. The summed E-state index contributed by atoms with van der Waals surface area (Å²) in [5.74, 6) is 0. The zero-order valence-corrected chi connectivity index (χ0v) is 22.0. The van der Waals surface area contributed by atoms with Gasteiger partial charge in [0.15, 0.2) is 0 Å². The lowest BCUT2D eigenvalue weighted by Crippen LogP contribution is -1.96. The highest BCUT2D eigenvalue weighted by molar-refractivity contribution is 6.17. The van der Waals surface area contributed by atoms with Crippen LogP contribution in [0.3, 0.4) is 0 Å². The maximum Gasteiger partial charge on any atom is 0.136 e. The van der Waals surface area contributed by atoms with Gasteiger partial charge < -0.3 is 4.42 Å². The van der Waals surface area contributed by atoms with Gasteiger partial charge in [0.2, 0.25) is 0 Å². The van der Waals surface area contributed by atoms with Gasteiger partial charge in [0.25, 0.3) is 0 Å². The average molecular weight is 523 g/mol. The molecular formula is C38H22N2O. The van der Waals surface area contributed by atoms with Gasteiger partial charge in [-0.1, -0.05) is 103 Å². The van der Waals surface area contributed by atoms with Crippen molar-refractivity contribution in [3.8, 4) is 22.5 Å². The Hall–Kier alpha value is -5.54. The smallest absolute Gasteiger partial charge is 0.136 e. The van der Waals surface area contributed by atoms with Crippen molar-refractivity contribution in [1.29, 1.82) is 0 Å². The number of hydrogen-bond acceptors (Lipinski definition) is 3. The Morgan fingerprint density at radius 3 is 2.00 bits per heavy atom. The van der Waals surface area contributed by atoms with Crippen LogP contribution in [0, 0.1) is 0 Å². The Labute approximate surface area is 235 Å². The number of fused-ring (bicyclic) bond motifs is 9. The summed E-state index contributed by atoms with van der Waals surface area (Å²) < 4.78 is 6.19. The summed E-state index contributed by atoms with van der Waals surface area (Å²) in [4.78, 5) is 10.5. The first-order valence-electron chi connectivity index (χ1n) is 13.8. The standard InChI is InChI=1S/C38H22N2O/c1-2-9-25(10-3-1)36-37(40-38-28-11-5-4-8-23(28)18-19-33(38)39-36)27-17-15-24-14-16-26-21-35-32(22-31(26)30(24)20-27)29-12-6-7-13-34(29)41-35/h1-22H. The summed E-state index contributed by atoms with van der Waals surface area (Å²) in [7, 11) is 0. The normalized spacial score (nSPS) is 11.9. The van der Waals surface area contributed by atoms with E-state index >= 15 is 0 Å². The fourth-order valence-electron chi connectivity index (χ4n) is 6.21. The van der Waals surface area contributed by atoms with E-state index in [1.807, 2.05) is 18.2 Å². The Balaban J connectivity index is 1.36. The molecule has 9 rings (SSSR count). The first-order chi connectivity index (χ1) is 20.3. The molecule has 0 aliphatic carbocycles. The molecule has 0 N–H and O–H groups in total. The maximum absolute atomic E-state index is 6.19. The van der Waals surface area contributed by atoms with Crippen LogP contribution in [-0.4, -0.2) is 9.97 Å². The third kappa shape index (κ3) is 3.39. The molecule has 9 aromatic rings. The van der Waals surface area contributed by atoms with E-state index < -0.39 is 0 Å². The van der Waals surface area contributed by atoms with Gasteiger partial charge >= 0.3 is 0 Å². The van der Waals surface area contributed by atoms with Crippen molar-refractivity contribution in [3.05, 3.63) is 133 Å². The Kier molecular flexibility index (Phi) is 4.61. The third-order valence-corrected chi connectivity index (χ3v) is 8.21. The summed E-state index contributed by atoms with van der Waals surface area (Å²) in [5.41, 5.74) is 7.50. The molecule has 0 fully saturated rings. The quantitative estimate of drug-likeness (QED) is 0.212. The Morgan fingerprint density at radius 2 is 1.07 bits per heavy atom. The minimum atomic E-state index is 0.883. The molecular weight excluding hydrogens is 500 g/mol. The molecule has 190 valence electrons. The molecule has 0 saturated carbocycles. The molecule has 0 bridgehead atoms. The highest BCUT2D eigenvalue weighted by Gasteiger charge is 2.16. The lowest BCUT2D eigenvalue weighted by molar-refractivity contribution is 0.669. The summed E-state index contributed by atoms with van der Waals surface area (Å²) >= 11 is 0. The van der Waals surface area contributed by atoms with Crippen LogP contribution >= 0.6 is 0 Å². The minimum Gasteiger partial charge on any atom is -0.456 e. The number of benzene rings is 7. The zero-order chi connectivity index (χ0) is 26.9. The molecule has 2 heterocycles. The van der Waals surface area contributed by atoms with E-state index in [4.69, 9.17) is 14.4 Å². The molecule has 3 nitrogen and oxygen atoms in total. The second-order valence-electron chi connectivity index (χ2n) is 10.6. The van der Waals surface area contributed by atoms with Crippen LogP contribution < -0.4 is 0 Å². The van der Waals surface area contributed by atoms with Gasteiger partial charge in [0.05, 0.1) is 22.4 Å². The molecule has 3 heteroatoms. The summed E-state index contributed by atoms with van der Waals surface area (Å²) in [6, 6.07) is 46.7. The van der Waals surface area contributed by atoms with Gasteiger partial charge in [-0.25, -0.2) is 9.97 Å². The largest absolute Gasteiger partial charge is 0.456 e. The van der Waals surface area contributed by atoms with Gasteiger partial charge in [0, 0.05) is 27.3 Å². The topological polar surface area (TPSA) is 38.9 Å². The summed E-state index contributed by atoms with van der Waals surface area (Å²) in [6.45, 7) is 0. The van der Waals surface area contributed by atoms with E-state index in [-0.39, 0.29) is 0 Å². The van der Waals surface area contributed by atoms with Crippen molar-refractivity contribution in [2.75, 3.05) is 0 Å². The SMILES string of the molecule is c1ccc(-c2nc3ccc4ccccc4c3nc2-c2ccc3ccc4cc5oc6ccccc6c5cc4c3c2)cc1. The average Bonchev–Trinajstić information content (AvgIpc) is 3.40. The number of furan rings is 1. The molecule has 7 aromatic carbocycles. The van der Waals surface area contributed by atoms with Crippen molar-refractivity contribution in [2.45, 2.75) is 0 Å². The molecule has 0 unspecified atom stereocenters. The number of rotatable bonds is 2. The predicted octanol–water partition coefficient (Wildman–Crippen LogP) is 10.3. The lowest BCUT2D eigenvalue weighted by Gasteiger charge is -2.13. The molecule has 0 amide bonds. The van der Waals surface area contributed by atoms with Crippen LogP contribution in [0.5, 0.6) is 0 Å². The molecule has 2 aromatic heterocycles. The Morgan fingerprint density at radius 1 is 0.390 bits per heavy atom. The van der Waals surface area contributed by atoms with Crippen LogP contribution in [0.4, 0.5) is 0 Å². The fraction of sp³-hybridized carbons (Fsp3) is 0. The highest BCUT2D eigenvalue weighted by Crippen LogP contribution is 2.38. The number of para-hydroxylation sites is 1. The predicted molar refractivity (Wildman–Crippen MR) is 170 cm³/mol. The van der Waals surface area contributed by atoms with E-state index in [2.05, 4.69) is 115 Å². The van der Waals surface area contributed by atoms with Crippen molar-refractivity contribution >= 4 is 65.3 Å². The van der Waals surface area contributed by atoms with Gasteiger partial charge in [-0.3, -0.25) is 0 Å². The minimum absolute atomic E-state index is 0.883. The van der Waals surface area contributed by atoms with Crippen LogP contribution in [0.25, 0.3) is 87.8 Å². The number of hydrogen-bond donors (Lipinski definition) is 0. The van der Waals surface area contributed by atoms with Crippen molar-refractivity contribution in [2.24, 2.45) is 0 Å². The van der Waals surface area contributed by atoms with Gasteiger partial charge in [0.1, 0.15) is 11.2 Å². The zero-order valence-electron chi connectivity index (χ0n) is 22.0. The van der Waals surface area contributed by atoms with E-state index in [1.54, 1.807) is 0 Å². The highest BCUT2D eigenvalue weighted by atomic mass is 16.3. The van der Waals surface area contributed by atoms with E-state index in [9.17, 15) is 0 Å². The van der Waals surface area contributed by atoms with Gasteiger partial charge in [-0.05, 0) is 57.3 Å². The molecule has 0 aliphatic rings. The molecule has 0 radical (unpaired) electrons. The third-order valence-electron chi connectivity index (χ3n) is 8.21. The molecule has 0 atom stereocenters. The van der Waals surface area contributed by atoms with Crippen LogP contribution in [0.15, 0.2) is 138 Å². The maximum atomic E-state index is 6.19. The first kappa shape index (κ1) is 22.3. The monoisotopic (exact) mass is 522 g/mol. The van der Waals surface area contributed by atoms with E-state index in [0.717, 1.165) is 71.6 Å². The first-order valence-corrected chi connectivity index (χ1v) is 13.8. The van der Waals surface area contributed by atoms with Crippen LogP contribution in [0.1, 0.15) is 0 Å². The second-order valence-corrected chi connectivity index (χ2v) is 10.6. The van der Waals surface area contributed by atoms with Crippen molar-refractivity contribution in [3.63, 3.8) is 0 Å². The molecule has 41 heavy (non-hydrogen) atoms. The van der Waals surface area contributed by atoms with Crippen LogP contribution in [0.2, 0.25) is 0 Å². The number of nitrogens with zero attached hydrogens (tertiary/aromatic N) is 2. The van der Waals surface area contributed by atoms with E-state index in [1.165, 1.54) is 16.2 Å². The number of aromatic nitrogens is 2. The lowest BCUT2D eigenvalue weighted by atomic mass is 9.96. The Bertz CT molecular complexity index is 2470. The van der Waals surface area contributed by atoms with Crippen LogP contribution in [-0.2, 0) is 0 Å². The van der Waals surface area contributed by atoms with E-state index in [0.29, 0.717) is 0 Å². The second kappa shape index (κ2) is 8.48. The van der Waals surface area contributed by atoms with Gasteiger partial charge in [-0.15, -0.1) is 0 Å². The molecule has 0 saturated heterocycles. The van der Waals surface area contributed by atoms with Gasteiger partial charge in [-0.2, -0.15) is 0 Å². The van der Waals surface area contributed by atoms with Crippen molar-refractivity contribution in [1.82, 2.24) is 9.97 Å². The summed E-state index contributed by atoms with van der Waals surface area (Å²) in [6.07, 6.45) is 0. The summed E-state index contributed by atoms with van der Waals surface area (Å²) in [5, 5.41) is 9.26. The van der Waals surface area contributed by atoms with Crippen molar-refractivity contribution < 1.29 is 4.42 Å².